The predicted molar refractivity (Wildman–Crippen MR) is 81.6 cm³/mol. The Hall–Kier alpha value is -2.34. The first-order valence-electron chi connectivity index (χ1n) is 6.75. The lowest BCUT2D eigenvalue weighted by atomic mass is 10.1. The Bertz CT molecular complexity index is 609. The molecule has 0 saturated carbocycles. The van der Waals surface area contributed by atoms with Gasteiger partial charge in [0.1, 0.15) is 6.54 Å². The summed E-state index contributed by atoms with van der Waals surface area (Å²) in [6, 6.07) is 7.53. The van der Waals surface area contributed by atoms with E-state index in [1.54, 1.807) is 18.0 Å². The molecule has 0 aliphatic carbocycles. The number of benzene rings is 1. The molecular weight excluding hydrogens is 268 g/mol. The first-order valence-corrected chi connectivity index (χ1v) is 6.75. The second-order valence-corrected chi connectivity index (χ2v) is 4.98. The molecule has 6 heteroatoms. The van der Waals surface area contributed by atoms with E-state index in [-0.39, 0.29) is 18.5 Å². The third kappa shape index (κ3) is 4.32. The molecule has 0 saturated heterocycles. The van der Waals surface area contributed by atoms with Crippen LogP contribution >= 0.6 is 0 Å². The van der Waals surface area contributed by atoms with Crippen molar-refractivity contribution in [2.75, 3.05) is 19.5 Å². The van der Waals surface area contributed by atoms with Crippen LogP contribution in [0.1, 0.15) is 6.92 Å². The van der Waals surface area contributed by atoms with Gasteiger partial charge in [-0.3, -0.25) is 9.48 Å². The maximum Gasteiger partial charge on any atom is 0.242 e. The van der Waals surface area contributed by atoms with Crippen LogP contribution in [0.2, 0.25) is 0 Å². The minimum absolute atomic E-state index is 0.0218. The number of nitrogens with two attached hydrogens (primary N) is 1. The van der Waals surface area contributed by atoms with Crippen molar-refractivity contribution in [3.63, 3.8) is 0 Å². The van der Waals surface area contributed by atoms with Gasteiger partial charge in [-0.2, -0.15) is 5.10 Å². The van der Waals surface area contributed by atoms with Gasteiger partial charge in [0.25, 0.3) is 0 Å². The van der Waals surface area contributed by atoms with Crippen molar-refractivity contribution in [2.45, 2.75) is 19.5 Å². The van der Waals surface area contributed by atoms with Crippen LogP contribution < -0.4 is 11.1 Å². The molecule has 0 aliphatic heterocycles. The lowest BCUT2D eigenvalue weighted by molar-refractivity contribution is -0.122. The maximum absolute atomic E-state index is 11.9. The van der Waals surface area contributed by atoms with Crippen molar-refractivity contribution in [2.24, 2.45) is 0 Å². The third-order valence-electron chi connectivity index (χ3n) is 2.98. The van der Waals surface area contributed by atoms with Crippen molar-refractivity contribution in [3.8, 4) is 11.1 Å². The summed E-state index contributed by atoms with van der Waals surface area (Å²) in [6.45, 7) is 2.55. The number of carbonyl (C=O) groups excluding carboxylic acids is 1. The molecule has 1 aromatic carbocycles. The van der Waals surface area contributed by atoms with Crippen LogP contribution in [0.5, 0.6) is 0 Å². The van der Waals surface area contributed by atoms with Gasteiger partial charge in [0.15, 0.2) is 0 Å². The Morgan fingerprint density at radius 3 is 3.00 bits per heavy atom. The highest BCUT2D eigenvalue weighted by Gasteiger charge is 2.09. The number of nitrogen functional groups attached to an aromatic ring is 1. The van der Waals surface area contributed by atoms with E-state index in [2.05, 4.69) is 10.4 Å². The van der Waals surface area contributed by atoms with Crippen LogP contribution in [0.3, 0.4) is 0 Å². The summed E-state index contributed by atoms with van der Waals surface area (Å²) < 4.78 is 6.58. The number of hydrogen-bond donors (Lipinski definition) is 2. The number of nitrogens with zero attached hydrogens (tertiary/aromatic N) is 2. The molecule has 0 bridgehead atoms. The fourth-order valence-electron chi connectivity index (χ4n) is 2.08. The number of carbonyl (C=O) groups is 1. The number of aromatic nitrogens is 2. The average Bonchev–Trinajstić information content (AvgIpc) is 2.87. The van der Waals surface area contributed by atoms with Crippen molar-refractivity contribution in [1.82, 2.24) is 15.1 Å². The highest BCUT2D eigenvalue weighted by atomic mass is 16.5. The summed E-state index contributed by atoms with van der Waals surface area (Å²) in [7, 11) is 1.61. The number of amides is 1. The largest absolute Gasteiger partial charge is 0.399 e. The van der Waals surface area contributed by atoms with E-state index in [9.17, 15) is 4.79 Å². The number of ether oxygens (including phenoxy) is 1. The fourth-order valence-corrected chi connectivity index (χ4v) is 2.08. The fraction of sp³-hybridized carbons (Fsp3) is 0.333. The Kier molecular flexibility index (Phi) is 4.94. The normalized spacial score (nSPS) is 12.1. The van der Waals surface area contributed by atoms with Gasteiger partial charge in [0.2, 0.25) is 5.91 Å². The Balaban J connectivity index is 1.99. The Morgan fingerprint density at radius 2 is 2.29 bits per heavy atom. The van der Waals surface area contributed by atoms with Crippen LogP contribution in [-0.2, 0) is 16.1 Å². The zero-order valence-corrected chi connectivity index (χ0v) is 12.2. The minimum Gasteiger partial charge on any atom is -0.399 e. The second kappa shape index (κ2) is 6.90. The molecule has 1 amide bonds. The van der Waals surface area contributed by atoms with E-state index in [0.29, 0.717) is 12.3 Å². The average molecular weight is 288 g/mol. The number of anilines is 1. The molecule has 0 fully saturated rings. The highest BCUT2D eigenvalue weighted by Crippen LogP contribution is 2.20. The van der Waals surface area contributed by atoms with Gasteiger partial charge in [0.05, 0.1) is 12.8 Å². The zero-order valence-electron chi connectivity index (χ0n) is 12.2. The molecule has 2 aromatic rings. The first kappa shape index (κ1) is 15.1. The van der Waals surface area contributed by atoms with Gasteiger partial charge >= 0.3 is 0 Å². The van der Waals surface area contributed by atoms with Gasteiger partial charge < -0.3 is 15.8 Å². The van der Waals surface area contributed by atoms with E-state index in [0.717, 1.165) is 11.1 Å². The van der Waals surface area contributed by atoms with Crippen LogP contribution in [0.15, 0.2) is 36.7 Å². The quantitative estimate of drug-likeness (QED) is 0.785. The second-order valence-electron chi connectivity index (χ2n) is 4.98. The molecule has 21 heavy (non-hydrogen) atoms. The maximum atomic E-state index is 11.9. The number of methoxy groups -OCH3 is 1. The summed E-state index contributed by atoms with van der Waals surface area (Å²) in [5.41, 5.74) is 8.38. The predicted octanol–water partition coefficient (Wildman–Crippen LogP) is 1.28. The van der Waals surface area contributed by atoms with Crippen molar-refractivity contribution < 1.29 is 9.53 Å². The van der Waals surface area contributed by atoms with E-state index in [1.807, 2.05) is 37.4 Å². The molecule has 1 atom stereocenters. The zero-order chi connectivity index (χ0) is 15.2. The summed E-state index contributed by atoms with van der Waals surface area (Å²) in [6.07, 6.45) is 3.55. The molecular formula is C15H20N4O2. The lowest BCUT2D eigenvalue weighted by Crippen LogP contribution is -2.37. The molecule has 1 heterocycles. The molecule has 0 spiro atoms. The van der Waals surface area contributed by atoms with Gasteiger partial charge in [-0.15, -0.1) is 0 Å². The molecule has 112 valence electrons. The SMILES string of the molecule is COCC(C)NC(=O)Cn1cc(-c2cccc(N)c2)cn1. The number of nitrogens with one attached hydrogen (secondary N) is 1. The first-order chi connectivity index (χ1) is 10.1. The van der Waals surface area contributed by atoms with Gasteiger partial charge in [0, 0.05) is 30.6 Å². The van der Waals surface area contributed by atoms with Crippen molar-refractivity contribution in [1.29, 1.82) is 0 Å². The van der Waals surface area contributed by atoms with Crippen molar-refractivity contribution in [3.05, 3.63) is 36.7 Å². The van der Waals surface area contributed by atoms with E-state index in [4.69, 9.17) is 10.5 Å². The standard InChI is InChI=1S/C15H20N4O2/c1-11(10-21-2)18-15(20)9-19-8-13(7-17-19)12-4-3-5-14(16)6-12/h3-8,11H,9-10,16H2,1-2H3,(H,18,20). The third-order valence-corrected chi connectivity index (χ3v) is 2.98. The minimum atomic E-state index is -0.0956. The monoisotopic (exact) mass is 288 g/mol. The van der Waals surface area contributed by atoms with E-state index < -0.39 is 0 Å². The van der Waals surface area contributed by atoms with Gasteiger partial charge in [-0.25, -0.2) is 0 Å². The van der Waals surface area contributed by atoms with Gasteiger partial charge in [-0.05, 0) is 24.6 Å². The van der Waals surface area contributed by atoms with Crippen LogP contribution in [0, 0.1) is 0 Å². The van der Waals surface area contributed by atoms with Crippen molar-refractivity contribution >= 4 is 11.6 Å². The van der Waals surface area contributed by atoms with E-state index in [1.165, 1.54) is 0 Å². The van der Waals surface area contributed by atoms with Gasteiger partial charge in [-0.1, -0.05) is 12.1 Å². The molecule has 3 N–H and O–H groups in total. The number of rotatable bonds is 6. The molecule has 0 aliphatic rings. The topological polar surface area (TPSA) is 82.2 Å². The summed E-state index contributed by atoms with van der Waals surface area (Å²) in [5.74, 6) is -0.0956. The Labute approximate surface area is 123 Å². The molecule has 0 radical (unpaired) electrons. The Morgan fingerprint density at radius 1 is 1.48 bits per heavy atom. The van der Waals surface area contributed by atoms with E-state index >= 15 is 0 Å². The van der Waals surface area contributed by atoms with Crippen LogP contribution in [0.25, 0.3) is 11.1 Å². The summed E-state index contributed by atoms with van der Waals surface area (Å²) >= 11 is 0. The summed E-state index contributed by atoms with van der Waals surface area (Å²) in [4.78, 5) is 11.9. The summed E-state index contributed by atoms with van der Waals surface area (Å²) in [5, 5.41) is 7.04. The highest BCUT2D eigenvalue weighted by molar-refractivity contribution is 5.76. The lowest BCUT2D eigenvalue weighted by Gasteiger charge is -2.12. The molecule has 6 nitrogen and oxygen atoms in total. The molecule has 1 aromatic heterocycles. The smallest absolute Gasteiger partial charge is 0.242 e. The molecule has 2 rings (SSSR count). The van der Waals surface area contributed by atoms with Crippen LogP contribution in [0.4, 0.5) is 5.69 Å². The molecule has 1 unspecified atom stereocenters. The number of hydrogen-bond acceptors (Lipinski definition) is 4. The van der Waals surface area contributed by atoms with Crippen LogP contribution in [-0.4, -0.2) is 35.4 Å².